The van der Waals surface area contributed by atoms with Gasteiger partial charge in [-0.05, 0) is 43.2 Å². The number of halogens is 3. The quantitative estimate of drug-likeness (QED) is 0.756. The van der Waals surface area contributed by atoms with Gasteiger partial charge in [0, 0.05) is 13.1 Å². The van der Waals surface area contributed by atoms with Crippen LogP contribution in [0.3, 0.4) is 0 Å². The predicted octanol–water partition coefficient (Wildman–Crippen LogP) is 3.68. The van der Waals surface area contributed by atoms with E-state index in [0.29, 0.717) is 19.2 Å². The van der Waals surface area contributed by atoms with Crippen molar-refractivity contribution in [3.05, 3.63) is 54.1 Å². The van der Waals surface area contributed by atoms with Gasteiger partial charge in [0.2, 0.25) is 10.0 Å². The molecule has 11 heteroatoms. The van der Waals surface area contributed by atoms with Crippen molar-refractivity contribution >= 4 is 25.7 Å². The first-order valence-electron chi connectivity index (χ1n) is 8.81. The minimum atomic E-state index is -4.86. The van der Waals surface area contributed by atoms with Crippen molar-refractivity contribution in [3.63, 3.8) is 0 Å². The van der Waals surface area contributed by atoms with Gasteiger partial charge in [-0.25, -0.2) is 16.8 Å². The van der Waals surface area contributed by atoms with Gasteiger partial charge in [0.1, 0.15) is 0 Å². The van der Waals surface area contributed by atoms with Crippen LogP contribution in [0.2, 0.25) is 0 Å². The molecular formula is C18H19F3N2O4S2. The third-order valence-electron chi connectivity index (χ3n) is 4.52. The number of benzene rings is 2. The fourth-order valence-electron chi connectivity index (χ4n) is 3.12. The van der Waals surface area contributed by atoms with E-state index in [9.17, 15) is 30.0 Å². The summed E-state index contributed by atoms with van der Waals surface area (Å²) in [6.07, 6.45) is -2.45. The Morgan fingerprint density at radius 1 is 0.862 bits per heavy atom. The molecule has 2 aromatic rings. The van der Waals surface area contributed by atoms with Gasteiger partial charge in [-0.3, -0.25) is 4.72 Å². The first-order valence-corrected chi connectivity index (χ1v) is 11.7. The molecule has 1 saturated heterocycles. The third-order valence-corrected chi connectivity index (χ3v) is 7.86. The molecule has 0 radical (unpaired) electrons. The van der Waals surface area contributed by atoms with Crippen LogP contribution < -0.4 is 4.72 Å². The van der Waals surface area contributed by atoms with E-state index in [-0.39, 0.29) is 10.6 Å². The number of hydrogen-bond acceptors (Lipinski definition) is 4. The van der Waals surface area contributed by atoms with Gasteiger partial charge in [-0.15, -0.1) is 0 Å². The average molecular weight is 448 g/mol. The summed E-state index contributed by atoms with van der Waals surface area (Å²) >= 11 is 0. The van der Waals surface area contributed by atoms with Crippen molar-refractivity contribution in [2.75, 3.05) is 17.8 Å². The van der Waals surface area contributed by atoms with E-state index in [1.807, 2.05) is 0 Å². The van der Waals surface area contributed by atoms with E-state index in [2.05, 4.69) is 4.72 Å². The van der Waals surface area contributed by atoms with Crippen molar-refractivity contribution in [1.29, 1.82) is 0 Å². The molecule has 0 bridgehead atoms. The Balaban J connectivity index is 1.93. The molecule has 158 valence electrons. The first kappa shape index (κ1) is 21.6. The summed E-state index contributed by atoms with van der Waals surface area (Å²) in [6.45, 7) is 0.745. The maximum absolute atomic E-state index is 13.2. The smallest absolute Gasteiger partial charge is 0.280 e. The normalized spacial score (nSPS) is 16.5. The Hall–Kier alpha value is -2.11. The fourth-order valence-corrected chi connectivity index (χ4v) is 5.96. The molecule has 29 heavy (non-hydrogen) atoms. The minimum Gasteiger partial charge on any atom is -0.280 e. The number of nitrogens with one attached hydrogen (secondary N) is 1. The number of anilines is 1. The van der Waals surface area contributed by atoms with Crippen molar-refractivity contribution in [3.8, 4) is 0 Å². The lowest BCUT2D eigenvalue weighted by molar-refractivity contribution is -0.139. The van der Waals surface area contributed by atoms with Crippen LogP contribution >= 0.6 is 0 Å². The molecule has 0 atom stereocenters. The molecule has 1 aliphatic heterocycles. The molecule has 0 aliphatic carbocycles. The van der Waals surface area contributed by atoms with E-state index in [1.165, 1.54) is 28.6 Å². The lowest BCUT2D eigenvalue weighted by Crippen LogP contribution is -2.35. The monoisotopic (exact) mass is 448 g/mol. The number of hydrogen-bond donors (Lipinski definition) is 1. The van der Waals surface area contributed by atoms with Crippen LogP contribution in [0.15, 0.2) is 58.3 Å². The van der Waals surface area contributed by atoms with Crippen LogP contribution in [-0.4, -0.2) is 34.2 Å². The van der Waals surface area contributed by atoms with Gasteiger partial charge in [0.05, 0.1) is 21.0 Å². The zero-order chi connectivity index (χ0) is 21.3. The van der Waals surface area contributed by atoms with E-state index >= 15 is 0 Å². The van der Waals surface area contributed by atoms with Crippen LogP contribution in [0.4, 0.5) is 18.9 Å². The SMILES string of the molecule is O=S(=O)(Nc1cccc(S(=O)(=O)N2CCCCC2)c1)c1ccccc1C(F)(F)F. The zero-order valence-electron chi connectivity index (χ0n) is 15.2. The Morgan fingerprint density at radius 2 is 1.52 bits per heavy atom. The number of rotatable bonds is 5. The summed E-state index contributed by atoms with van der Waals surface area (Å²) in [6, 6.07) is 8.84. The molecule has 3 rings (SSSR count). The first-order chi connectivity index (χ1) is 13.5. The lowest BCUT2D eigenvalue weighted by atomic mass is 10.2. The highest BCUT2D eigenvalue weighted by Gasteiger charge is 2.37. The second-order valence-electron chi connectivity index (χ2n) is 6.59. The maximum atomic E-state index is 13.2. The van der Waals surface area contributed by atoms with Crippen molar-refractivity contribution < 1.29 is 30.0 Å². The fraction of sp³-hybridized carbons (Fsp3) is 0.333. The molecule has 0 saturated carbocycles. The molecule has 6 nitrogen and oxygen atoms in total. The summed E-state index contributed by atoms with van der Waals surface area (Å²) in [5.41, 5.74) is -1.44. The van der Waals surface area contributed by atoms with Crippen molar-refractivity contribution in [2.45, 2.75) is 35.2 Å². The minimum absolute atomic E-state index is 0.122. The van der Waals surface area contributed by atoms with Gasteiger partial charge in [0.15, 0.2) is 0 Å². The Morgan fingerprint density at radius 3 is 2.17 bits per heavy atom. The van der Waals surface area contributed by atoms with Gasteiger partial charge < -0.3 is 0 Å². The Labute approximate surface area is 167 Å². The van der Waals surface area contributed by atoms with E-state index in [1.54, 1.807) is 0 Å². The van der Waals surface area contributed by atoms with Crippen LogP contribution in [0, 0.1) is 0 Å². The van der Waals surface area contributed by atoms with Crippen LogP contribution in [0.1, 0.15) is 24.8 Å². The largest absolute Gasteiger partial charge is 0.417 e. The van der Waals surface area contributed by atoms with Crippen LogP contribution in [0.5, 0.6) is 0 Å². The topological polar surface area (TPSA) is 83.5 Å². The van der Waals surface area contributed by atoms with E-state index in [4.69, 9.17) is 0 Å². The lowest BCUT2D eigenvalue weighted by Gasteiger charge is -2.26. The van der Waals surface area contributed by atoms with E-state index < -0.39 is 36.7 Å². The number of alkyl halides is 3. The molecule has 1 heterocycles. The van der Waals surface area contributed by atoms with Gasteiger partial charge in [-0.2, -0.15) is 17.5 Å². The zero-order valence-corrected chi connectivity index (χ0v) is 16.8. The molecule has 0 amide bonds. The number of piperidine rings is 1. The molecule has 1 aliphatic rings. The average Bonchev–Trinajstić information content (AvgIpc) is 2.68. The molecule has 0 aromatic heterocycles. The predicted molar refractivity (Wildman–Crippen MR) is 101 cm³/mol. The molecule has 0 unspecified atom stereocenters. The summed E-state index contributed by atoms with van der Waals surface area (Å²) < 4.78 is 93.5. The molecule has 1 fully saturated rings. The highest BCUT2D eigenvalue weighted by atomic mass is 32.2. The van der Waals surface area contributed by atoms with Gasteiger partial charge in [0.25, 0.3) is 10.0 Å². The van der Waals surface area contributed by atoms with Crippen molar-refractivity contribution in [1.82, 2.24) is 4.31 Å². The summed E-state index contributed by atoms with van der Waals surface area (Å²) in [7, 11) is -8.41. The summed E-state index contributed by atoms with van der Waals surface area (Å²) in [5, 5.41) is 0. The Kier molecular flexibility index (Phi) is 5.93. The molecule has 2 aromatic carbocycles. The van der Waals surface area contributed by atoms with Crippen LogP contribution in [-0.2, 0) is 26.2 Å². The Bertz CT molecular complexity index is 1090. The summed E-state index contributed by atoms with van der Waals surface area (Å²) in [5.74, 6) is 0. The number of nitrogens with zero attached hydrogens (tertiary/aromatic N) is 1. The van der Waals surface area contributed by atoms with Crippen molar-refractivity contribution in [2.24, 2.45) is 0 Å². The molecule has 1 N–H and O–H groups in total. The second-order valence-corrected chi connectivity index (χ2v) is 10.2. The number of sulfonamides is 2. The highest BCUT2D eigenvalue weighted by Crippen LogP contribution is 2.34. The van der Waals surface area contributed by atoms with E-state index in [0.717, 1.165) is 37.5 Å². The van der Waals surface area contributed by atoms with Gasteiger partial charge >= 0.3 is 6.18 Å². The maximum Gasteiger partial charge on any atom is 0.417 e. The standard InChI is InChI=1S/C18H19F3N2O4S2/c19-18(20,21)16-9-2-3-10-17(16)28(24,25)22-14-7-6-8-15(13-14)29(26,27)23-11-4-1-5-12-23/h2-3,6-10,13,22H,1,4-5,11-12H2. The third kappa shape index (κ3) is 4.73. The molecular weight excluding hydrogens is 429 g/mol. The second kappa shape index (κ2) is 7.96. The van der Waals surface area contributed by atoms with Gasteiger partial charge in [-0.1, -0.05) is 24.6 Å². The molecule has 0 spiro atoms. The highest BCUT2D eigenvalue weighted by molar-refractivity contribution is 7.92. The van der Waals surface area contributed by atoms with Crippen LogP contribution in [0.25, 0.3) is 0 Å². The summed E-state index contributed by atoms with van der Waals surface area (Å²) in [4.78, 5) is -1.06.